The summed E-state index contributed by atoms with van der Waals surface area (Å²) in [6, 6.07) is 0. The molecule has 0 N–H and O–H groups in total. The summed E-state index contributed by atoms with van der Waals surface area (Å²) in [6.07, 6.45) is 9.58. The maximum absolute atomic E-state index is 11.3. The van der Waals surface area contributed by atoms with E-state index >= 15 is 0 Å². The number of unbranched alkanes of at least 4 members (excludes halogenated alkanes) is 1. The number of carbonyl (C=O) groups excluding carboxylic acids is 1. The highest BCUT2D eigenvalue weighted by Crippen LogP contribution is 2.26. The van der Waals surface area contributed by atoms with Crippen molar-refractivity contribution >= 4 is 5.97 Å². The molecule has 0 atom stereocenters. The van der Waals surface area contributed by atoms with Crippen LogP contribution in [0.15, 0.2) is 35.6 Å². The van der Waals surface area contributed by atoms with Crippen LogP contribution in [0.1, 0.15) is 40.5 Å². The van der Waals surface area contributed by atoms with Gasteiger partial charge in [-0.05, 0) is 18.9 Å². The number of rotatable bonds is 4. The summed E-state index contributed by atoms with van der Waals surface area (Å²) in [5.41, 5.74) is 0.919. The number of hydrogen-bond donors (Lipinski definition) is 0. The molecule has 0 radical (unpaired) electrons. The molecule has 0 aromatic carbocycles. The summed E-state index contributed by atoms with van der Waals surface area (Å²) in [5, 5.41) is 0. The summed E-state index contributed by atoms with van der Waals surface area (Å²) < 4.78 is 10.6. The largest absolute Gasteiger partial charge is 0.452 e. The summed E-state index contributed by atoms with van der Waals surface area (Å²) in [7, 11) is 0. The Morgan fingerprint density at radius 2 is 2.12 bits per heavy atom. The van der Waals surface area contributed by atoms with Crippen molar-refractivity contribution in [3.63, 3.8) is 0 Å². The number of allylic oxidation sites excluding steroid dienone is 4. The van der Waals surface area contributed by atoms with Gasteiger partial charge in [0, 0.05) is 13.8 Å². The molecule has 0 aliphatic carbocycles. The van der Waals surface area contributed by atoms with E-state index in [9.17, 15) is 4.79 Å². The topological polar surface area (TPSA) is 35.5 Å². The van der Waals surface area contributed by atoms with Gasteiger partial charge in [0.25, 0.3) is 0 Å². The standard InChI is InChI=1S/C14H20O3/c1-5-6-7-8-9-11(2)12-10-13(15)17-14(3,4)16-12/h7-10H,5-6H2,1-4H3. The van der Waals surface area contributed by atoms with E-state index in [1.807, 2.05) is 19.1 Å². The normalized spacial score (nSPS) is 19.9. The van der Waals surface area contributed by atoms with Gasteiger partial charge in [-0.2, -0.15) is 0 Å². The third-order valence-corrected chi connectivity index (χ3v) is 2.28. The van der Waals surface area contributed by atoms with Crippen LogP contribution in [0.3, 0.4) is 0 Å². The fourth-order valence-electron chi connectivity index (χ4n) is 1.45. The van der Waals surface area contributed by atoms with Gasteiger partial charge in [-0.15, -0.1) is 0 Å². The van der Waals surface area contributed by atoms with Crippen molar-refractivity contribution in [2.75, 3.05) is 0 Å². The molecular weight excluding hydrogens is 216 g/mol. The molecule has 94 valence electrons. The highest BCUT2D eigenvalue weighted by Gasteiger charge is 2.30. The van der Waals surface area contributed by atoms with E-state index in [1.54, 1.807) is 13.8 Å². The minimum atomic E-state index is -0.886. The van der Waals surface area contributed by atoms with Crippen LogP contribution in [0.2, 0.25) is 0 Å². The first-order valence-electron chi connectivity index (χ1n) is 5.92. The van der Waals surface area contributed by atoms with Gasteiger partial charge < -0.3 is 9.47 Å². The molecule has 0 saturated carbocycles. The average Bonchev–Trinajstić information content (AvgIpc) is 2.21. The summed E-state index contributed by atoms with van der Waals surface area (Å²) in [4.78, 5) is 11.3. The Hall–Kier alpha value is -1.51. The zero-order valence-electron chi connectivity index (χ0n) is 10.9. The highest BCUT2D eigenvalue weighted by molar-refractivity contribution is 5.84. The fourth-order valence-corrected chi connectivity index (χ4v) is 1.45. The minimum absolute atomic E-state index is 0.360. The molecule has 0 spiro atoms. The smallest absolute Gasteiger partial charge is 0.337 e. The predicted molar refractivity (Wildman–Crippen MR) is 67.1 cm³/mol. The number of cyclic esters (lactones) is 1. The van der Waals surface area contributed by atoms with Crippen LogP contribution in [-0.4, -0.2) is 11.8 Å². The van der Waals surface area contributed by atoms with Crippen LogP contribution < -0.4 is 0 Å². The van der Waals surface area contributed by atoms with Gasteiger partial charge in [0.1, 0.15) is 5.76 Å². The quantitative estimate of drug-likeness (QED) is 0.553. The number of hydrogen-bond acceptors (Lipinski definition) is 3. The molecule has 0 aromatic rings. The highest BCUT2D eigenvalue weighted by atomic mass is 16.7. The third-order valence-electron chi connectivity index (χ3n) is 2.28. The van der Waals surface area contributed by atoms with Crippen molar-refractivity contribution < 1.29 is 14.3 Å². The molecule has 1 heterocycles. The third kappa shape index (κ3) is 4.47. The van der Waals surface area contributed by atoms with E-state index < -0.39 is 5.79 Å². The Kier molecular flexibility index (Phi) is 4.55. The summed E-state index contributed by atoms with van der Waals surface area (Å²) in [6.45, 7) is 7.49. The van der Waals surface area contributed by atoms with Gasteiger partial charge >= 0.3 is 5.97 Å². The maximum atomic E-state index is 11.3. The SMILES string of the molecule is CCCC=CC=C(C)C1=CC(=O)OC(C)(C)O1. The number of carbonyl (C=O) groups is 1. The first kappa shape index (κ1) is 13.6. The lowest BCUT2D eigenvalue weighted by molar-refractivity contribution is -0.203. The molecule has 1 rings (SSSR count). The Morgan fingerprint density at radius 3 is 2.71 bits per heavy atom. The van der Waals surface area contributed by atoms with E-state index in [-0.39, 0.29) is 5.97 Å². The van der Waals surface area contributed by atoms with Gasteiger partial charge in [0.15, 0.2) is 0 Å². The summed E-state index contributed by atoms with van der Waals surface area (Å²) >= 11 is 0. The molecule has 0 saturated heterocycles. The van der Waals surface area contributed by atoms with E-state index in [0.717, 1.165) is 18.4 Å². The molecule has 0 bridgehead atoms. The lowest BCUT2D eigenvalue weighted by Crippen LogP contribution is -2.34. The zero-order valence-corrected chi connectivity index (χ0v) is 10.9. The number of esters is 1. The van der Waals surface area contributed by atoms with Gasteiger partial charge in [0.05, 0.1) is 6.08 Å². The predicted octanol–water partition coefficient (Wildman–Crippen LogP) is 3.48. The van der Waals surface area contributed by atoms with Crippen molar-refractivity contribution in [2.45, 2.75) is 46.3 Å². The molecule has 3 heteroatoms. The van der Waals surface area contributed by atoms with Crippen LogP contribution in [0.25, 0.3) is 0 Å². The molecule has 0 aromatic heterocycles. The van der Waals surface area contributed by atoms with Crippen molar-refractivity contribution in [3.05, 3.63) is 35.6 Å². The fraction of sp³-hybridized carbons (Fsp3) is 0.500. The second kappa shape index (κ2) is 5.71. The summed E-state index contributed by atoms with van der Waals surface area (Å²) in [5.74, 6) is -0.669. The molecular formula is C14H20O3. The Morgan fingerprint density at radius 1 is 1.41 bits per heavy atom. The maximum Gasteiger partial charge on any atom is 0.337 e. The lowest BCUT2D eigenvalue weighted by atomic mass is 10.2. The van der Waals surface area contributed by atoms with Crippen molar-refractivity contribution in [1.29, 1.82) is 0 Å². The molecule has 17 heavy (non-hydrogen) atoms. The molecule has 0 amide bonds. The molecule has 1 aliphatic rings. The molecule has 1 aliphatic heterocycles. The van der Waals surface area contributed by atoms with Gasteiger partial charge in [-0.25, -0.2) is 4.79 Å². The van der Waals surface area contributed by atoms with E-state index in [1.165, 1.54) is 6.08 Å². The second-order valence-corrected chi connectivity index (χ2v) is 4.50. The van der Waals surface area contributed by atoms with E-state index in [4.69, 9.17) is 9.47 Å². The molecule has 0 unspecified atom stereocenters. The number of ether oxygens (including phenoxy) is 2. The Labute approximate surface area is 103 Å². The first-order valence-corrected chi connectivity index (χ1v) is 5.92. The lowest BCUT2D eigenvalue weighted by Gasteiger charge is -2.30. The van der Waals surface area contributed by atoms with Crippen LogP contribution in [0, 0.1) is 0 Å². The van der Waals surface area contributed by atoms with Crippen LogP contribution in [-0.2, 0) is 14.3 Å². The molecule has 0 fully saturated rings. The average molecular weight is 236 g/mol. The van der Waals surface area contributed by atoms with Crippen LogP contribution >= 0.6 is 0 Å². The van der Waals surface area contributed by atoms with E-state index in [0.29, 0.717) is 5.76 Å². The van der Waals surface area contributed by atoms with E-state index in [2.05, 4.69) is 13.0 Å². The van der Waals surface area contributed by atoms with Gasteiger partial charge in [-0.3, -0.25) is 0 Å². The minimum Gasteiger partial charge on any atom is -0.452 e. The van der Waals surface area contributed by atoms with Crippen LogP contribution in [0.5, 0.6) is 0 Å². The zero-order chi connectivity index (χ0) is 12.9. The van der Waals surface area contributed by atoms with Crippen LogP contribution in [0.4, 0.5) is 0 Å². The Balaban J connectivity index is 2.75. The van der Waals surface area contributed by atoms with Crippen molar-refractivity contribution in [2.24, 2.45) is 0 Å². The first-order chi connectivity index (χ1) is 7.94. The monoisotopic (exact) mass is 236 g/mol. The van der Waals surface area contributed by atoms with Gasteiger partial charge in [-0.1, -0.05) is 31.6 Å². The van der Waals surface area contributed by atoms with Crippen molar-refractivity contribution in [1.82, 2.24) is 0 Å². The van der Waals surface area contributed by atoms with Gasteiger partial charge in [0.2, 0.25) is 5.79 Å². The molecule has 3 nitrogen and oxygen atoms in total. The second-order valence-electron chi connectivity index (χ2n) is 4.50. The van der Waals surface area contributed by atoms with Crippen molar-refractivity contribution in [3.8, 4) is 0 Å². The Bertz CT molecular complexity index is 373.